The number of aryl methyl sites for hydroxylation is 1. The molecule has 0 bridgehead atoms. The molecule has 0 aliphatic carbocycles. The van der Waals surface area contributed by atoms with Gasteiger partial charge in [0.25, 0.3) is 5.91 Å². The number of hydrogen-bond acceptors (Lipinski definition) is 5. The molecule has 0 radical (unpaired) electrons. The maximum absolute atomic E-state index is 13.1. The molecular weight excluding hydrogens is 412 g/mol. The van der Waals surface area contributed by atoms with Crippen LogP contribution < -0.4 is 0 Å². The van der Waals surface area contributed by atoms with Crippen molar-refractivity contribution in [1.82, 2.24) is 29.9 Å². The molecule has 8 nitrogen and oxygen atoms in total. The molecule has 1 amide bonds. The van der Waals surface area contributed by atoms with E-state index < -0.39 is 0 Å². The van der Waals surface area contributed by atoms with E-state index in [2.05, 4.69) is 36.2 Å². The highest BCUT2D eigenvalue weighted by Gasteiger charge is 2.31. The van der Waals surface area contributed by atoms with Crippen LogP contribution in [0.15, 0.2) is 35.1 Å². The molecule has 3 heterocycles. The van der Waals surface area contributed by atoms with Gasteiger partial charge in [-0.25, -0.2) is 9.67 Å². The second-order valence-corrected chi connectivity index (χ2v) is 7.20. The summed E-state index contributed by atoms with van der Waals surface area (Å²) in [5.74, 6) is 0.577. The summed E-state index contributed by atoms with van der Waals surface area (Å²) in [6, 6.07) is 7.20. The molecule has 1 saturated heterocycles. The number of morpholine rings is 1. The number of hydrogen-bond donors (Lipinski definition) is 1. The van der Waals surface area contributed by atoms with E-state index in [1.807, 2.05) is 42.8 Å². The van der Waals surface area contributed by atoms with Gasteiger partial charge in [-0.1, -0.05) is 0 Å². The first-order chi connectivity index (χ1) is 13.1. The van der Waals surface area contributed by atoms with E-state index in [-0.39, 0.29) is 11.9 Å². The Labute approximate surface area is 164 Å². The quantitative estimate of drug-likeness (QED) is 0.689. The van der Waals surface area contributed by atoms with Gasteiger partial charge in [0, 0.05) is 12.1 Å². The summed E-state index contributed by atoms with van der Waals surface area (Å²) in [5.41, 5.74) is 3.47. The molecule has 0 saturated carbocycles. The van der Waals surface area contributed by atoms with Gasteiger partial charge < -0.3 is 9.64 Å². The van der Waals surface area contributed by atoms with Gasteiger partial charge in [0.1, 0.15) is 18.2 Å². The van der Waals surface area contributed by atoms with E-state index in [0.29, 0.717) is 31.1 Å². The molecule has 2 aromatic heterocycles. The number of halogens is 1. The Morgan fingerprint density at radius 3 is 2.70 bits per heavy atom. The number of rotatable bonds is 3. The number of nitrogens with one attached hydrogen (secondary N) is 1. The molecule has 1 aliphatic rings. The van der Waals surface area contributed by atoms with Gasteiger partial charge in [-0.2, -0.15) is 10.2 Å². The summed E-state index contributed by atoms with van der Waals surface area (Å²) in [4.78, 5) is 19.0. The molecule has 3 aromatic rings. The standard InChI is InChI=1S/C18H19BrN6O2/c1-11-16(19)12(2)25(23-11)14-5-3-13(4-6-14)18(26)24-7-8-27-9-15(24)17-20-10-21-22-17/h3-6,10,15H,7-9H2,1-2H3,(H,20,21,22)/t15-/m1/s1. The second kappa shape index (κ2) is 7.24. The maximum Gasteiger partial charge on any atom is 0.254 e. The fourth-order valence-electron chi connectivity index (χ4n) is 3.23. The Morgan fingerprint density at radius 1 is 1.30 bits per heavy atom. The Hall–Kier alpha value is -2.52. The van der Waals surface area contributed by atoms with Crippen molar-refractivity contribution in [2.75, 3.05) is 19.8 Å². The zero-order valence-corrected chi connectivity index (χ0v) is 16.6. The largest absolute Gasteiger partial charge is 0.377 e. The summed E-state index contributed by atoms with van der Waals surface area (Å²) in [6.45, 7) is 5.37. The van der Waals surface area contributed by atoms with Gasteiger partial charge in [-0.15, -0.1) is 0 Å². The minimum atomic E-state index is -0.264. The third-order valence-corrected chi connectivity index (χ3v) is 5.85. The number of carbonyl (C=O) groups excluding carboxylic acids is 1. The highest BCUT2D eigenvalue weighted by Crippen LogP contribution is 2.25. The SMILES string of the molecule is Cc1nn(-c2ccc(C(=O)N3CCOC[C@@H]3c3ncn[nH]3)cc2)c(C)c1Br. The molecule has 0 unspecified atom stereocenters. The van der Waals surface area contributed by atoms with Crippen LogP contribution in [-0.4, -0.2) is 55.5 Å². The first-order valence-electron chi connectivity index (χ1n) is 8.62. The van der Waals surface area contributed by atoms with Gasteiger partial charge in [0.2, 0.25) is 0 Å². The van der Waals surface area contributed by atoms with Gasteiger partial charge in [-0.3, -0.25) is 9.89 Å². The molecule has 1 N–H and O–H groups in total. The van der Waals surface area contributed by atoms with E-state index in [0.717, 1.165) is 21.5 Å². The number of nitrogens with zero attached hydrogens (tertiary/aromatic N) is 5. The van der Waals surface area contributed by atoms with E-state index in [1.165, 1.54) is 6.33 Å². The van der Waals surface area contributed by atoms with E-state index in [4.69, 9.17) is 4.74 Å². The van der Waals surface area contributed by atoms with Crippen LogP contribution in [0.3, 0.4) is 0 Å². The van der Waals surface area contributed by atoms with Crippen molar-refractivity contribution in [3.8, 4) is 5.69 Å². The van der Waals surface area contributed by atoms with Crippen molar-refractivity contribution in [2.45, 2.75) is 19.9 Å². The van der Waals surface area contributed by atoms with Crippen molar-refractivity contribution >= 4 is 21.8 Å². The summed E-state index contributed by atoms with van der Waals surface area (Å²) in [5, 5.41) is 11.2. The smallest absolute Gasteiger partial charge is 0.254 e. The third kappa shape index (κ3) is 3.28. The van der Waals surface area contributed by atoms with Crippen LogP contribution >= 0.6 is 15.9 Å². The second-order valence-electron chi connectivity index (χ2n) is 6.40. The van der Waals surface area contributed by atoms with Gasteiger partial charge >= 0.3 is 0 Å². The molecule has 0 spiro atoms. The monoisotopic (exact) mass is 430 g/mol. The van der Waals surface area contributed by atoms with Crippen molar-refractivity contribution < 1.29 is 9.53 Å². The van der Waals surface area contributed by atoms with Crippen LogP contribution in [0.4, 0.5) is 0 Å². The van der Waals surface area contributed by atoms with Gasteiger partial charge in [0.05, 0.1) is 34.8 Å². The molecule has 1 atom stereocenters. The van der Waals surface area contributed by atoms with Crippen LogP contribution in [0, 0.1) is 13.8 Å². The normalized spacial score (nSPS) is 17.3. The zero-order chi connectivity index (χ0) is 19.0. The molecule has 27 heavy (non-hydrogen) atoms. The number of aromatic nitrogens is 5. The van der Waals surface area contributed by atoms with Gasteiger partial charge in [-0.05, 0) is 54.0 Å². The molecule has 1 fully saturated rings. The zero-order valence-electron chi connectivity index (χ0n) is 15.0. The Morgan fingerprint density at radius 2 is 2.07 bits per heavy atom. The van der Waals surface area contributed by atoms with Crippen LogP contribution in [0.2, 0.25) is 0 Å². The lowest BCUT2D eigenvalue weighted by atomic mass is 10.1. The lowest BCUT2D eigenvalue weighted by Gasteiger charge is -2.34. The van der Waals surface area contributed by atoms with Crippen LogP contribution in [0.25, 0.3) is 5.69 Å². The first kappa shape index (κ1) is 17.9. The number of H-pyrrole nitrogens is 1. The Kier molecular flexibility index (Phi) is 4.79. The lowest BCUT2D eigenvalue weighted by molar-refractivity contribution is -0.00511. The predicted molar refractivity (Wildman–Crippen MR) is 102 cm³/mol. The van der Waals surface area contributed by atoms with Crippen molar-refractivity contribution in [3.05, 3.63) is 57.8 Å². The average Bonchev–Trinajstić information content (AvgIpc) is 3.32. The molecule has 4 rings (SSSR count). The molecule has 1 aliphatic heterocycles. The van der Waals surface area contributed by atoms with E-state index in [9.17, 15) is 4.79 Å². The molecule has 140 valence electrons. The van der Waals surface area contributed by atoms with Crippen molar-refractivity contribution in [3.63, 3.8) is 0 Å². The third-order valence-electron chi connectivity index (χ3n) is 4.70. The van der Waals surface area contributed by atoms with Gasteiger partial charge in [0.15, 0.2) is 0 Å². The summed E-state index contributed by atoms with van der Waals surface area (Å²) < 4.78 is 8.38. The van der Waals surface area contributed by atoms with Crippen LogP contribution in [-0.2, 0) is 4.74 Å². The number of aromatic amines is 1. The maximum atomic E-state index is 13.1. The topological polar surface area (TPSA) is 88.9 Å². The minimum absolute atomic E-state index is 0.0548. The Balaban J connectivity index is 1.59. The minimum Gasteiger partial charge on any atom is -0.377 e. The summed E-state index contributed by atoms with van der Waals surface area (Å²) in [6.07, 6.45) is 1.44. The van der Waals surface area contributed by atoms with E-state index >= 15 is 0 Å². The van der Waals surface area contributed by atoms with E-state index in [1.54, 1.807) is 4.90 Å². The van der Waals surface area contributed by atoms with Crippen LogP contribution in [0.5, 0.6) is 0 Å². The highest BCUT2D eigenvalue weighted by molar-refractivity contribution is 9.10. The van der Waals surface area contributed by atoms with Crippen molar-refractivity contribution in [2.24, 2.45) is 0 Å². The molecule has 1 aromatic carbocycles. The predicted octanol–water partition coefficient (Wildman–Crippen LogP) is 2.58. The van der Waals surface area contributed by atoms with Crippen molar-refractivity contribution in [1.29, 1.82) is 0 Å². The fraction of sp³-hybridized carbons (Fsp3) is 0.333. The fourth-order valence-corrected chi connectivity index (χ4v) is 3.48. The number of carbonyl (C=O) groups is 1. The number of amides is 1. The number of benzene rings is 1. The first-order valence-corrected chi connectivity index (χ1v) is 9.41. The summed E-state index contributed by atoms with van der Waals surface area (Å²) >= 11 is 3.54. The molecular formula is C18H19BrN6O2. The van der Waals surface area contributed by atoms with Crippen LogP contribution in [0.1, 0.15) is 33.6 Å². The summed E-state index contributed by atoms with van der Waals surface area (Å²) in [7, 11) is 0. The molecule has 9 heteroatoms. The highest BCUT2D eigenvalue weighted by atomic mass is 79.9. The average molecular weight is 431 g/mol. The Bertz CT molecular complexity index is 951. The lowest BCUT2D eigenvalue weighted by Crippen LogP contribution is -2.43. The number of ether oxygens (including phenoxy) is 1.